The van der Waals surface area contributed by atoms with Gasteiger partial charge in [-0.25, -0.2) is 0 Å². The van der Waals surface area contributed by atoms with E-state index in [0.717, 1.165) is 37.2 Å². The number of hydrogen-bond donors (Lipinski definition) is 2. The summed E-state index contributed by atoms with van der Waals surface area (Å²) in [6.45, 7) is 0.717. The van der Waals surface area contributed by atoms with E-state index in [4.69, 9.17) is 0 Å². The third-order valence-corrected chi connectivity index (χ3v) is 6.59. The Labute approximate surface area is 171 Å². The molecule has 3 aliphatic rings. The molecular weight excluding hydrogens is 362 g/mol. The zero-order valence-electron chi connectivity index (χ0n) is 16.6. The molecule has 3 heterocycles. The zero-order chi connectivity index (χ0) is 19.8. The van der Waals surface area contributed by atoms with Gasteiger partial charge in [0.15, 0.2) is 0 Å². The molecule has 150 valence electrons. The number of nitrogens with zero attached hydrogens (tertiary/aromatic N) is 1. The van der Waals surface area contributed by atoms with E-state index in [1.807, 2.05) is 47.4 Å². The highest BCUT2D eigenvalue weighted by Gasteiger charge is 2.34. The van der Waals surface area contributed by atoms with Crippen LogP contribution in [0.2, 0.25) is 0 Å². The normalized spacial score (nSPS) is 25.0. The highest BCUT2D eigenvalue weighted by Crippen LogP contribution is 2.33. The number of nitrogens with one attached hydrogen (secondary N) is 2. The number of carbonyl (C=O) groups excluding carboxylic acids is 2. The topological polar surface area (TPSA) is 61.4 Å². The van der Waals surface area contributed by atoms with Crippen LogP contribution in [-0.2, 0) is 11.2 Å². The fourth-order valence-electron chi connectivity index (χ4n) is 5.22. The molecule has 0 aromatic heterocycles. The highest BCUT2D eigenvalue weighted by molar-refractivity contribution is 6.07. The predicted octanol–water partition coefficient (Wildman–Crippen LogP) is 3.75. The van der Waals surface area contributed by atoms with E-state index in [9.17, 15) is 9.59 Å². The lowest BCUT2D eigenvalue weighted by molar-refractivity contribution is -0.117. The molecule has 0 aliphatic carbocycles. The predicted molar refractivity (Wildman–Crippen MR) is 114 cm³/mol. The number of benzene rings is 2. The van der Waals surface area contributed by atoms with Crippen LogP contribution >= 0.6 is 0 Å². The summed E-state index contributed by atoms with van der Waals surface area (Å²) in [5.41, 5.74) is 3.63. The SMILES string of the molecule is O=C(CC1CC2CCC(C1)N2)Nc1ccc(C(=O)N2CCc3ccccc32)cc1. The van der Waals surface area contributed by atoms with E-state index < -0.39 is 0 Å². The molecule has 2 amide bonds. The highest BCUT2D eigenvalue weighted by atomic mass is 16.2. The number of fused-ring (bicyclic) bond motifs is 3. The minimum absolute atomic E-state index is 0.0120. The van der Waals surface area contributed by atoms with Crippen LogP contribution in [0.4, 0.5) is 11.4 Å². The first-order chi connectivity index (χ1) is 14.2. The second-order valence-electron chi connectivity index (χ2n) is 8.64. The Morgan fingerprint density at radius 3 is 2.48 bits per heavy atom. The number of amides is 2. The van der Waals surface area contributed by atoms with Crippen molar-refractivity contribution in [1.29, 1.82) is 0 Å². The van der Waals surface area contributed by atoms with Gasteiger partial charge in [-0.2, -0.15) is 0 Å². The average Bonchev–Trinajstić information content (AvgIpc) is 3.31. The molecule has 2 fully saturated rings. The summed E-state index contributed by atoms with van der Waals surface area (Å²) in [6.07, 6.45) is 6.19. The smallest absolute Gasteiger partial charge is 0.258 e. The molecule has 5 rings (SSSR count). The van der Waals surface area contributed by atoms with E-state index in [2.05, 4.69) is 16.7 Å². The summed E-state index contributed by atoms with van der Waals surface area (Å²) in [4.78, 5) is 27.2. The second kappa shape index (κ2) is 7.64. The lowest BCUT2D eigenvalue weighted by Crippen LogP contribution is -2.39. The number of para-hydroxylation sites is 1. The Morgan fingerprint density at radius 1 is 1.00 bits per heavy atom. The van der Waals surface area contributed by atoms with Gasteiger partial charge < -0.3 is 15.5 Å². The monoisotopic (exact) mass is 389 g/mol. The van der Waals surface area contributed by atoms with Crippen LogP contribution in [0.3, 0.4) is 0 Å². The van der Waals surface area contributed by atoms with Crippen molar-refractivity contribution in [3.8, 4) is 0 Å². The van der Waals surface area contributed by atoms with Gasteiger partial charge in [-0.3, -0.25) is 9.59 Å². The summed E-state index contributed by atoms with van der Waals surface area (Å²) in [6, 6.07) is 16.6. The Bertz CT molecular complexity index is 912. The van der Waals surface area contributed by atoms with Crippen LogP contribution in [-0.4, -0.2) is 30.4 Å². The van der Waals surface area contributed by atoms with E-state index in [0.29, 0.717) is 30.0 Å². The maximum Gasteiger partial charge on any atom is 0.258 e. The quantitative estimate of drug-likeness (QED) is 0.837. The molecule has 0 saturated carbocycles. The summed E-state index contributed by atoms with van der Waals surface area (Å²) in [5.74, 6) is 0.562. The van der Waals surface area contributed by atoms with Gasteiger partial charge in [0.05, 0.1) is 0 Å². The number of rotatable bonds is 4. The van der Waals surface area contributed by atoms with Gasteiger partial charge in [0, 0.05) is 42.0 Å². The van der Waals surface area contributed by atoms with E-state index in [1.54, 1.807) is 0 Å². The van der Waals surface area contributed by atoms with Gasteiger partial charge in [-0.1, -0.05) is 18.2 Å². The molecule has 2 bridgehead atoms. The third-order valence-electron chi connectivity index (χ3n) is 6.59. The Hall–Kier alpha value is -2.66. The molecule has 2 atom stereocenters. The standard InChI is InChI=1S/C24H27N3O2/c28-23(15-16-13-20-9-10-21(14-16)25-20)26-19-7-5-18(6-8-19)24(29)27-12-11-17-3-1-2-4-22(17)27/h1-8,16,20-21,25H,9-15H2,(H,26,28). The Kier molecular flexibility index (Phi) is 4.84. The Balaban J connectivity index is 1.19. The van der Waals surface area contributed by atoms with Crippen LogP contribution in [0.25, 0.3) is 0 Å². The van der Waals surface area contributed by atoms with Crippen LogP contribution in [0, 0.1) is 5.92 Å². The van der Waals surface area contributed by atoms with Crippen molar-refractivity contribution in [2.24, 2.45) is 5.92 Å². The summed E-state index contributed by atoms with van der Waals surface area (Å²) >= 11 is 0. The van der Waals surface area contributed by atoms with E-state index >= 15 is 0 Å². The minimum Gasteiger partial charge on any atom is -0.326 e. The van der Waals surface area contributed by atoms with E-state index in [-0.39, 0.29) is 11.8 Å². The lowest BCUT2D eigenvalue weighted by atomic mass is 9.89. The maximum absolute atomic E-state index is 12.9. The zero-order valence-corrected chi connectivity index (χ0v) is 16.6. The lowest BCUT2D eigenvalue weighted by Gasteiger charge is -2.28. The summed E-state index contributed by atoms with van der Waals surface area (Å²) in [5, 5.41) is 6.63. The number of anilines is 2. The van der Waals surface area contributed by atoms with Crippen LogP contribution in [0.5, 0.6) is 0 Å². The van der Waals surface area contributed by atoms with Crippen LogP contribution in [0.15, 0.2) is 48.5 Å². The molecular formula is C24H27N3O2. The van der Waals surface area contributed by atoms with Crippen LogP contribution in [0.1, 0.15) is 48.0 Å². The first-order valence-electron chi connectivity index (χ1n) is 10.7. The average molecular weight is 389 g/mol. The number of carbonyl (C=O) groups is 2. The van der Waals surface area contributed by atoms with Gasteiger partial charge >= 0.3 is 0 Å². The molecule has 2 aromatic rings. The van der Waals surface area contributed by atoms with Crippen LogP contribution < -0.4 is 15.5 Å². The molecule has 2 saturated heterocycles. The van der Waals surface area contributed by atoms with Crippen molar-refractivity contribution in [3.05, 3.63) is 59.7 Å². The molecule has 5 nitrogen and oxygen atoms in total. The van der Waals surface area contributed by atoms with Crippen molar-refractivity contribution in [2.75, 3.05) is 16.8 Å². The molecule has 0 spiro atoms. The molecule has 29 heavy (non-hydrogen) atoms. The molecule has 2 N–H and O–H groups in total. The number of hydrogen-bond acceptors (Lipinski definition) is 3. The van der Waals surface area contributed by atoms with Gasteiger partial charge in [0.2, 0.25) is 5.91 Å². The summed E-state index contributed by atoms with van der Waals surface area (Å²) < 4.78 is 0. The second-order valence-corrected chi connectivity index (χ2v) is 8.64. The number of piperidine rings is 1. The molecule has 3 aliphatic heterocycles. The first kappa shape index (κ1) is 18.4. The van der Waals surface area contributed by atoms with E-state index in [1.165, 1.54) is 18.4 Å². The Morgan fingerprint density at radius 2 is 1.72 bits per heavy atom. The van der Waals surface area contributed by atoms with Gasteiger partial charge in [0.25, 0.3) is 5.91 Å². The van der Waals surface area contributed by atoms with Crippen molar-refractivity contribution in [1.82, 2.24) is 5.32 Å². The molecule has 2 aromatic carbocycles. The van der Waals surface area contributed by atoms with Crippen molar-refractivity contribution < 1.29 is 9.59 Å². The largest absolute Gasteiger partial charge is 0.326 e. The first-order valence-corrected chi connectivity index (χ1v) is 10.7. The van der Waals surface area contributed by atoms with Crippen molar-refractivity contribution in [3.63, 3.8) is 0 Å². The van der Waals surface area contributed by atoms with Crippen molar-refractivity contribution >= 4 is 23.2 Å². The summed E-state index contributed by atoms with van der Waals surface area (Å²) in [7, 11) is 0. The van der Waals surface area contributed by atoms with Gasteiger partial charge in [0.1, 0.15) is 0 Å². The van der Waals surface area contributed by atoms with Crippen molar-refractivity contribution in [2.45, 2.75) is 50.6 Å². The fraction of sp³-hybridized carbons (Fsp3) is 0.417. The molecule has 0 radical (unpaired) electrons. The fourth-order valence-corrected chi connectivity index (χ4v) is 5.22. The maximum atomic E-state index is 12.9. The van der Waals surface area contributed by atoms with Gasteiger partial charge in [-0.15, -0.1) is 0 Å². The van der Waals surface area contributed by atoms with Gasteiger partial charge in [-0.05, 0) is 73.9 Å². The minimum atomic E-state index is 0.0120. The molecule has 5 heteroatoms. The molecule has 2 unspecified atom stereocenters. The third kappa shape index (κ3) is 3.79.